The highest BCUT2D eigenvalue weighted by atomic mass is 19.4. The predicted octanol–water partition coefficient (Wildman–Crippen LogP) is 2.44. The minimum atomic E-state index is -4.74. The van der Waals surface area contributed by atoms with Gasteiger partial charge >= 0.3 is 6.18 Å². The zero-order valence-corrected chi connectivity index (χ0v) is 13.7. The molecule has 0 radical (unpaired) electrons. The van der Waals surface area contributed by atoms with Gasteiger partial charge in [0.25, 0.3) is 11.6 Å². The Kier molecular flexibility index (Phi) is 5.78. The Morgan fingerprint density at radius 2 is 1.70 bits per heavy atom. The second-order valence-electron chi connectivity index (χ2n) is 5.60. The summed E-state index contributed by atoms with van der Waals surface area (Å²) < 4.78 is 39.1. The number of nitrogens with two attached hydrogens (primary N) is 1. The Hall–Kier alpha value is -3.43. The summed E-state index contributed by atoms with van der Waals surface area (Å²) in [6, 6.07) is 7.99. The number of nitrogens with one attached hydrogen (secondary N) is 1. The molecule has 3 N–H and O–H groups in total. The average Bonchev–Trinajstić information content (AvgIpc) is 2.60. The summed E-state index contributed by atoms with van der Waals surface area (Å²) in [7, 11) is 0. The van der Waals surface area contributed by atoms with Crippen molar-refractivity contribution in [2.75, 3.05) is 0 Å². The third-order valence-corrected chi connectivity index (χ3v) is 3.71. The van der Waals surface area contributed by atoms with Crippen molar-refractivity contribution in [1.82, 2.24) is 5.32 Å². The van der Waals surface area contributed by atoms with Gasteiger partial charge in [0, 0.05) is 18.6 Å². The molecule has 2 amide bonds. The first kappa shape index (κ1) is 19.9. The molecule has 142 valence electrons. The van der Waals surface area contributed by atoms with Crippen molar-refractivity contribution < 1.29 is 27.7 Å². The Balaban J connectivity index is 2.20. The number of halogens is 3. The van der Waals surface area contributed by atoms with Crippen LogP contribution in [-0.4, -0.2) is 22.8 Å². The van der Waals surface area contributed by atoms with Gasteiger partial charge in [0.05, 0.1) is 16.1 Å². The molecule has 2 rings (SSSR count). The fraction of sp³-hybridized carbons (Fsp3) is 0.176. The van der Waals surface area contributed by atoms with Gasteiger partial charge in [-0.1, -0.05) is 24.3 Å². The predicted molar refractivity (Wildman–Crippen MR) is 88.7 cm³/mol. The van der Waals surface area contributed by atoms with Gasteiger partial charge < -0.3 is 11.1 Å². The lowest BCUT2D eigenvalue weighted by atomic mass is 10.0. The van der Waals surface area contributed by atoms with Crippen molar-refractivity contribution in [2.24, 2.45) is 5.73 Å². The molecule has 0 saturated heterocycles. The monoisotopic (exact) mass is 381 g/mol. The molecule has 10 heteroatoms. The number of rotatable bonds is 6. The molecule has 2 aromatic carbocycles. The number of nitro groups is 1. The van der Waals surface area contributed by atoms with Gasteiger partial charge in [-0.2, -0.15) is 13.2 Å². The molecule has 0 fully saturated rings. The van der Waals surface area contributed by atoms with E-state index in [1.165, 1.54) is 30.3 Å². The number of nitro benzene ring substituents is 1. The maximum atomic E-state index is 13.0. The van der Waals surface area contributed by atoms with Crippen LogP contribution in [0.2, 0.25) is 0 Å². The van der Waals surface area contributed by atoms with E-state index >= 15 is 0 Å². The van der Waals surface area contributed by atoms with Crippen LogP contribution in [0.3, 0.4) is 0 Å². The number of amides is 2. The van der Waals surface area contributed by atoms with E-state index in [-0.39, 0.29) is 12.1 Å². The molecule has 0 aliphatic carbocycles. The first-order valence-electron chi connectivity index (χ1n) is 7.59. The first-order chi connectivity index (χ1) is 12.6. The largest absolute Gasteiger partial charge is 0.417 e. The second-order valence-corrected chi connectivity index (χ2v) is 5.60. The zero-order chi connectivity index (χ0) is 20.2. The summed E-state index contributed by atoms with van der Waals surface area (Å²) in [5, 5.41) is 12.8. The van der Waals surface area contributed by atoms with Crippen LogP contribution in [0.4, 0.5) is 18.9 Å². The molecule has 0 aromatic heterocycles. The standard InChI is InChI=1S/C17H14F3N3O4/c18-17(19,20)13-4-2-1-3-12(13)16(25)22-14(15(21)24)9-10-5-7-11(8-6-10)23(26)27/h1-8,14H,9H2,(H2,21,24)(H,22,25)/t14-/m0/s1. The van der Waals surface area contributed by atoms with Crippen LogP contribution in [0.25, 0.3) is 0 Å². The number of carbonyl (C=O) groups excluding carboxylic acids is 2. The molecular weight excluding hydrogens is 367 g/mol. The van der Waals surface area contributed by atoms with Gasteiger partial charge in [-0.25, -0.2) is 0 Å². The molecule has 0 aliphatic rings. The van der Waals surface area contributed by atoms with Crippen LogP contribution in [0, 0.1) is 10.1 Å². The maximum Gasteiger partial charge on any atom is 0.417 e. The molecule has 1 atom stereocenters. The van der Waals surface area contributed by atoms with E-state index in [0.29, 0.717) is 5.56 Å². The second kappa shape index (κ2) is 7.85. The Bertz CT molecular complexity index is 866. The van der Waals surface area contributed by atoms with E-state index in [0.717, 1.165) is 18.2 Å². The molecule has 0 saturated carbocycles. The molecule has 0 spiro atoms. The van der Waals surface area contributed by atoms with E-state index in [2.05, 4.69) is 5.32 Å². The summed E-state index contributed by atoms with van der Waals surface area (Å²) in [6.07, 6.45) is -4.87. The van der Waals surface area contributed by atoms with E-state index in [1.54, 1.807) is 0 Å². The Labute approximate surface area is 151 Å². The topological polar surface area (TPSA) is 115 Å². The summed E-state index contributed by atoms with van der Waals surface area (Å²) in [5.74, 6) is -2.06. The van der Waals surface area contributed by atoms with Crippen molar-refractivity contribution in [3.8, 4) is 0 Å². The van der Waals surface area contributed by atoms with Crippen LogP contribution < -0.4 is 11.1 Å². The highest BCUT2D eigenvalue weighted by Gasteiger charge is 2.35. The first-order valence-corrected chi connectivity index (χ1v) is 7.59. The minimum Gasteiger partial charge on any atom is -0.368 e. The summed E-state index contributed by atoms with van der Waals surface area (Å²) >= 11 is 0. The lowest BCUT2D eigenvalue weighted by Gasteiger charge is -2.18. The molecule has 0 unspecified atom stereocenters. The van der Waals surface area contributed by atoms with Crippen LogP contribution in [0.5, 0.6) is 0 Å². The molecule has 2 aromatic rings. The van der Waals surface area contributed by atoms with E-state index in [1.807, 2.05) is 0 Å². The van der Waals surface area contributed by atoms with Gasteiger partial charge in [-0.3, -0.25) is 19.7 Å². The molecular formula is C17H14F3N3O4. The number of nitrogens with zero attached hydrogens (tertiary/aromatic N) is 1. The van der Waals surface area contributed by atoms with Crippen LogP contribution >= 0.6 is 0 Å². The lowest BCUT2D eigenvalue weighted by Crippen LogP contribution is -2.46. The summed E-state index contributed by atoms with van der Waals surface area (Å²) in [4.78, 5) is 33.9. The summed E-state index contributed by atoms with van der Waals surface area (Å²) in [5.41, 5.74) is 3.72. The van der Waals surface area contributed by atoms with Gasteiger partial charge in [0.1, 0.15) is 6.04 Å². The molecule has 0 bridgehead atoms. The Morgan fingerprint density at radius 1 is 1.11 bits per heavy atom. The van der Waals surface area contributed by atoms with Crippen LogP contribution in [-0.2, 0) is 17.4 Å². The van der Waals surface area contributed by atoms with Crippen molar-refractivity contribution >= 4 is 17.5 Å². The fourth-order valence-corrected chi connectivity index (χ4v) is 2.38. The highest BCUT2D eigenvalue weighted by Crippen LogP contribution is 2.31. The molecule has 7 nitrogen and oxygen atoms in total. The number of hydrogen-bond donors (Lipinski definition) is 2. The van der Waals surface area contributed by atoms with Crippen molar-refractivity contribution in [1.29, 1.82) is 0 Å². The Morgan fingerprint density at radius 3 is 2.22 bits per heavy atom. The number of primary amides is 1. The zero-order valence-electron chi connectivity index (χ0n) is 13.7. The third kappa shape index (κ3) is 5.03. The van der Waals surface area contributed by atoms with Crippen molar-refractivity contribution in [3.05, 3.63) is 75.3 Å². The highest BCUT2D eigenvalue weighted by molar-refractivity contribution is 5.98. The molecule has 0 heterocycles. The SMILES string of the molecule is NC(=O)[C@H](Cc1ccc([N+](=O)[O-])cc1)NC(=O)c1ccccc1C(F)(F)F. The van der Waals surface area contributed by atoms with E-state index in [4.69, 9.17) is 5.73 Å². The van der Waals surface area contributed by atoms with Crippen molar-refractivity contribution in [3.63, 3.8) is 0 Å². The summed E-state index contributed by atoms with van der Waals surface area (Å²) in [6.45, 7) is 0. The van der Waals surface area contributed by atoms with Crippen LogP contribution in [0.15, 0.2) is 48.5 Å². The number of carbonyl (C=O) groups is 2. The lowest BCUT2D eigenvalue weighted by molar-refractivity contribution is -0.384. The average molecular weight is 381 g/mol. The fourth-order valence-electron chi connectivity index (χ4n) is 2.38. The third-order valence-electron chi connectivity index (χ3n) is 3.71. The van der Waals surface area contributed by atoms with Gasteiger partial charge in [0.15, 0.2) is 0 Å². The number of non-ortho nitro benzene ring substituents is 1. The van der Waals surface area contributed by atoms with Gasteiger partial charge in [0.2, 0.25) is 5.91 Å². The maximum absolute atomic E-state index is 13.0. The van der Waals surface area contributed by atoms with Gasteiger partial charge in [-0.15, -0.1) is 0 Å². The van der Waals surface area contributed by atoms with Crippen molar-refractivity contribution in [2.45, 2.75) is 18.6 Å². The molecule has 0 aliphatic heterocycles. The van der Waals surface area contributed by atoms with E-state index < -0.39 is 40.1 Å². The van der Waals surface area contributed by atoms with Gasteiger partial charge in [-0.05, 0) is 17.7 Å². The number of benzene rings is 2. The minimum absolute atomic E-state index is 0.132. The molecule has 27 heavy (non-hydrogen) atoms. The van der Waals surface area contributed by atoms with E-state index in [9.17, 15) is 32.9 Å². The number of hydrogen-bond acceptors (Lipinski definition) is 4. The normalized spacial score (nSPS) is 12.3. The quantitative estimate of drug-likeness (QED) is 0.591. The number of alkyl halides is 3. The van der Waals surface area contributed by atoms with Crippen LogP contribution in [0.1, 0.15) is 21.5 Å². The smallest absolute Gasteiger partial charge is 0.368 e.